The van der Waals surface area contributed by atoms with E-state index in [1.165, 1.54) is 0 Å². The molecule has 0 saturated heterocycles. The highest BCUT2D eigenvalue weighted by molar-refractivity contribution is 9.10. The summed E-state index contributed by atoms with van der Waals surface area (Å²) in [5.41, 5.74) is 3.45. The number of halogens is 1. The fourth-order valence-electron chi connectivity index (χ4n) is 2.53. The largest absolute Gasteiger partial charge is 0.323 e. The third-order valence-corrected chi connectivity index (χ3v) is 3.96. The van der Waals surface area contributed by atoms with Crippen molar-refractivity contribution >= 4 is 43.6 Å². The number of aromatic nitrogens is 3. The van der Waals surface area contributed by atoms with Gasteiger partial charge < -0.3 is 4.98 Å². The summed E-state index contributed by atoms with van der Waals surface area (Å²) in [5, 5.41) is 0.645. The molecule has 4 aromatic rings. The van der Waals surface area contributed by atoms with E-state index in [-0.39, 0.29) is 5.56 Å². The van der Waals surface area contributed by atoms with Crippen LogP contribution in [0.5, 0.6) is 0 Å². The molecule has 20 heavy (non-hydrogen) atoms. The third kappa shape index (κ3) is 1.53. The van der Waals surface area contributed by atoms with Crippen LogP contribution >= 0.6 is 15.9 Å². The molecule has 0 aliphatic rings. The summed E-state index contributed by atoms with van der Waals surface area (Å²) in [6.45, 7) is 1.97. The van der Waals surface area contributed by atoms with Crippen LogP contribution in [0.1, 0.15) is 5.56 Å². The number of fused-ring (bicyclic) bond motifs is 4. The highest BCUT2D eigenvalue weighted by atomic mass is 79.9. The van der Waals surface area contributed by atoms with Crippen LogP contribution in [0.3, 0.4) is 0 Å². The summed E-state index contributed by atoms with van der Waals surface area (Å²) in [6.07, 6.45) is 0. The van der Waals surface area contributed by atoms with Crippen molar-refractivity contribution in [2.45, 2.75) is 6.92 Å². The minimum atomic E-state index is -0.0396. The van der Waals surface area contributed by atoms with Gasteiger partial charge in [-0.25, -0.2) is 9.38 Å². The van der Waals surface area contributed by atoms with Crippen LogP contribution in [0.25, 0.3) is 27.7 Å². The number of hydrogen-bond acceptors (Lipinski definition) is 2. The zero-order valence-corrected chi connectivity index (χ0v) is 12.2. The quantitative estimate of drug-likeness (QED) is 0.538. The average Bonchev–Trinajstić information content (AvgIpc) is 2.77. The minimum Gasteiger partial charge on any atom is -0.323 e. The van der Waals surface area contributed by atoms with Crippen LogP contribution in [-0.4, -0.2) is 14.4 Å². The first-order chi connectivity index (χ1) is 9.63. The molecule has 2 aromatic carbocycles. The van der Waals surface area contributed by atoms with E-state index in [2.05, 4.69) is 25.9 Å². The topological polar surface area (TPSA) is 50.2 Å². The van der Waals surface area contributed by atoms with Crippen LogP contribution in [0.15, 0.2) is 45.7 Å². The van der Waals surface area contributed by atoms with E-state index in [4.69, 9.17) is 0 Å². The first kappa shape index (κ1) is 11.7. The van der Waals surface area contributed by atoms with Crippen molar-refractivity contribution in [1.82, 2.24) is 14.4 Å². The number of H-pyrrole nitrogens is 1. The Kier molecular flexibility index (Phi) is 2.29. The molecule has 0 radical (unpaired) electrons. The molecule has 98 valence electrons. The van der Waals surface area contributed by atoms with Crippen LogP contribution in [0.2, 0.25) is 0 Å². The molecule has 0 fully saturated rings. The number of nitrogens with zero attached hydrogens (tertiary/aromatic N) is 2. The number of aryl methyl sites for hydroxylation is 1. The number of aromatic amines is 1. The zero-order valence-electron chi connectivity index (χ0n) is 10.6. The van der Waals surface area contributed by atoms with Crippen molar-refractivity contribution in [3.63, 3.8) is 0 Å². The second kappa shape index (κ2) is 3.93. The lowest BCUT2D eigenvalue weighted by Crippen LogP contribution is -2.14. The summed E-state index contributed by atoms with van der Waals surface area (Å²) in [5.74, 6) is 0.569. The summed E-state index contributed by atoms with van der Waals surface area (Å²) >= 11 is 3.43. The summed E-state index contributed by atoms with van der Waals surface area (Å²) in [6, 6.07) is 11.5. The zero-order chi connectivity index (χ0) is 13.9. The SMILES string of the molecule is Cc1ccc2nc3[nH]c4cc(Br)ccc4n3c(=O)c2c1. The Bertz CT molecular complexity index is 1050. The van der Waals surface area contributed by atoms with Gasteiger partial charge in [-0.2, -0.15) is 0 Å². The first-order valence-corrected chi connectivity index (χ1v) is 7.03. The fraction of sp³-hybridized carbons (Fsp3) is 0.0667. The van der Waals surface area contributed by atoms with Gasteiger partial charge in [0, 0.05) is 4.47 Å². The summed E-state index contributed by atoms with van der Waals surface area (Å²) in [4.78, 5) is 20.4. The number of benzene rings is 2. The average molecular weight is 328 g/mol. The molecule has 5 heteroatoms. The summed E-state index contributed by atoms with van der Waals surface area (Å²) in [7, 11) is 0. The van der Waals surface area contributed by atoms with Crippen molar-refractivity contribution in [2.75, 3.05) is 0 Å². The molecular formula is C15H10BrN3O. The number of nitrogens with one attached hydrogen (secondary N) is 1. The van der Waals surface area contributed by atoms with E-state index in [0.29, 0.717) is 16.7 Å². The maximum absolute atomic E-state index is 12.7. The highest BCUT2D eigenvalue weighted by Crippen LogP contribution is 2.20. The second-order valence-corrected chi connectivity index (χ2v) is 5.80. The van der Waals surface area contributed by atoms with E-state index in [9.17, 15) is 4.79 Å². The lowest BCUT2D eigenvalue weighted by Gasteiger charge is -2.00. The number of hydrogen-bond donors (Lipinski definition) is 1. The molecule has 0 spiro atoms. The van der Waals surface area contributed by atoms with Crippen LogP contribution in [-0.2, 0) is 0 Å². The minimum absolute atomic E-state index is 0.0396. The monoisotopic (exact) mass is 327 g/mol. The lowest BCUT2D eigenvalue weighted by atomic mass is 10.2. The molecule has 1 N–H and O–H groups in total. The van der Waals surface area contributed by atoms with Gasteiger partial charge in [0.25, 0.3) is 5.56 Å². The van der Waals surface area contributed by atoms with Crippen LogP contribution < -0.4 is 5.56 Å². The van der Waals surface area contributed by atoms with E-state index in [1.54, 1.807) is 4.40 Å². The van der Waals surface area contributed by atoms with Crippen molar-refractivity contribution in [3.05, 3.63) is 56.8 Å². The lowest BCUT2D eigenvalue weighted by molar-refractivity contribution is 1.12. The predicted molar refractivity (Wildman–Crippen MR) is 83.3 cm³/mol. The smallest absolute Gasteiger partial charge is 0.267 e. The number of imidazole rings is 1. The first-order valence-electron chi connectivity index (χ1n) is 6.24. The molecular weight excluding hydrogens is 318 g/mol. The van der Waals surface area contributed by atoms with Gasteiger partial charge in [0.2, 0.25) is 5.78 Å². The van der Waals surface area contributed by atoms with Crippen molar-refractivity contribution in [2.24, 2.45) is 0 Å². The molecule has 0 aliphatic carbocycles. The second-order valence-electron chi connectivity index (χ2n) is 4.88. The Morgan fingerprint density at radius 1 is 1.20 bits per heavy atom. The van der Waals surface area contributed by atoms with Gasteiger partial charge in [-0.1, -0.05) is 27.6 Å². The van der Waals surface area contributed by atoms with Gasteiger partial charge in [-0.15, -0.1) is 0 Å². The van der Waals surface area contributed by atoms with E-state index in [0.717, 1.165) is 21.1 Å². The maximum Gasteiger partial charge on any atom is 0.267 e. The Morgan fingerprint density at radius 3 is 2.90 bits per heavy atom. The Hall–Kier alpha value is -2.14. The molecule has 0 saturated carbocycles. The molecule has 4 rings (SSSR count). The molecule has 0 amide bonds. The normalized spacial score (nSPS) is 11.7. The van der Waals surface area contributed by atoms with Gasteiger partial charge in [0.1, 0.15) is 0 Å². The van der Waals surface area contributed by atoms with Crippen LogP contribution in [0.4, 0.5) is 0 Å². The van der Waals surface area contributed by atoms with E-state index in [1.807, 2.05) is 43.3 Å². The van der Waals surface area contributed by atoms with Gasteiger partial charge >= 0.3 is 0 Å². The standard InChI is InChI=1S/C15H10BrN3O/c1-8-2-4-11-10(6-8)14(20)19-13-5-3-9(16)7-12(13)18-15(19)17-11/h2-7H,1H3,(H,17,18). The van der Waals surface area contributed by atoms with Gasteiger partial charge in [0.05, 0.1) is 21.9 Å². The van der Waals surface area contributed by atoms with Gasteiger partial charge in [-0.3, -0.25) is 4.79 Å². The molecule has 2 heterocycles. The highest BCUT2D eigenvalue weighted by Gasteiger charge is 2.11. The van der Waals surface area contributed by atoms with E-state index < -0.39 is 0 Å². The fourth-order valence-corrected chi connectivity index (χ4v) is 2.89. The van der Waals surface area contributed by atoms with Crippen molar-refractivity contribution < 1.29 is 0 Å². The molecule has 0 aliphatic heterocycles. The molecule has 0 atom stereocenters. The molecule has 0 bridgehead atoms. The van der Waals surface area contributed by atoms with Crippen molar-refractivity contribution in [3.8, 4) is 0 Å². The van der Waals surface area contributed by atoms with Crippen molar-refractivity contribution in [1.29, 1.82) is 0 Å². The van der Waals surface area contributed by atoms with E-state index >= 15 is 0 Å². The van der Waals surface area contributed by atoms with Gasteiger partial charge in [0.15, 0.2) is 0 Å². The van der Waals surface area contributed by atoms with Crippen LogP contribution in [0, 0.1) is 6.92 Å². The summed E-state index contributed by atoms with van der Waals surface area (Å²) < 4.78 is 2.59. The molecule has 0 unspecified atom stereocenters. The predicted octanol–water partition coefficient (Wildman–Crippen LogP) is 3.40. The molecule has 4 nitrogen and oxygen atoms in total. The Morgan fingerprint density at radius 2 is 2.05 bits per heavy atom. The third-order valence-electron chi connectivity index (χ3n) is 3.47. The Balaban J connectivity index is 2.30. The Labute approximate surface area is 122 Å². The van der Waals surface area contributed by atoms with Gasteiger partial charge in [-0.05, 0) is 37.3 Å². The maximum atomic E-state index is 12.7. The number of rotatable bonds is 0. The molecule has 2 aromatic heterocycles.